The molecule has 0 aliphatic heterocycles. The van der Waals surface area contributed by atoms with Crippen LogP contribution in [0, 0.1) is 13.8 Å². The highest BCUT2D eigenvalue weighted by Crippen LogP contribution is 2.19. The van der Waals surface area contributed by atoms with Gasteiger partial charge in [-0.1, -0.05) is 12.1 Å². The number of benzene rings is 2. The van der Waals surface area contributed by atoms with Crippen LogP contribution in [0.25, 0.3) is 11.1 Å². The number of rotatable bonds is 6. The van der Waals surface area contributed by atoms with Crippen molar-refractivity contribution in [3.05, 3.63) is 53.9 Å². The van der Waals surface area contributed by atoms with Crippen LogP contribution in [-0.4, -0.2) is 36.4 Å². The molecule has 29 heavy (non-hydrogen) atoms. The van der Waals surface area contributed by atoms with Crippen molar-refractivity contribution < 1.29 is 23.7 Å². The van der Waals surface area contributed by atoms with Crippen LogP contribution in [0.3, 0.4) is 0 Å². The molecule has 0 atom stereocenters. The first-order valence-electron chi connectivity index (χ1n) is 9.60. The van der Waals surface area contributed by atoms with E-state index in [1.54, 1.807) is 12.1 Å². The number of nitrogens with zero attached hydrogens (tertiary/aromatic N) is 1. The van der Waals surface area contributed by atoms with Crippen LogP contribution in [0.4, 0.5) is 5.69 Å². The molecule has 0 aliphatic rings. The molecule has 0 bridgehead atoms. The van der Waals surface area contributed by atoms with Gasteiger partial charge in [-0.25, -0.2) is 4.98 Å². The average Bonchev–Trinajstić information content (AvgIpc) is 3.14. The van der Waals surface area contributed by atoms with Gasteiger partial charge in [-0.05, 0) is 70.0 Å². The molecular formula is C22H32N2O5. The Morgan fingerprint density at radius 2 is 1.48 bits per heavy atom. The van der Waals surface area contributed by atoms with Crippen molar-refractivity contribution >= 4 is 16.8 Å². The summed E-state index contributed by atoms with van der Waals surface area (Å²) in [6.07, 6.45) is 1.46. The molecule has 2 aromatic carbocycles. The molecule has 1 heterocycles. The van der Waals surface area contributed by atoms with Gasteiger partial charge in [0.15, 0.2) is 12.0 Å². The van der Waals surface area contributed by atoms with Crippen molar-refractivity contribution in [1.29, 1.82) is 0 Å². The SMILES string of the molecule is CCOC(OCC)OCC.Cc1ccc(O)c(N)c1.Cc1ccc2ocnc2c1. The summed E-state index contributed by atoms with van der Waals surface area (Å²) in [5, 5.41) is 8.92. The fourth-order valence-electron chi connectivity index (χ4n) is 2.19. The maximum atomic E-state index is 8.92. The molecule has 160 valence electrons. The van der Waals surface area contributed by atoms with Gasteiger partial charge in [-0.3, -0.25) is 0 Å². The lowest BCUT2D eigenvalue weighted by molar-refractivity contribution is -0.282. The van der Waals surface area contributed by atoms with Crippen molar-refractivity contribution in [1.82, 2.24) is 4.98 Å². The molecule has 0 saturated carbocycles. The molecule has 0 amide bonds. The molecule has 0 spiro atoms. The van der Waals surface area contributed by atoms with Gasteiger partial charge in [0, 0.05) is 19.8 Å². The quantitative estimate of drug-likeness (QED) is 0.346. The van der Waals surface area contributed by atoms with E-state index in [1.165, 1.54) is 12.0 Å². The zero-order chi connectivity index (χ0) is 21.6. The van der Waals surface area contributed by atoms with Crippen LogP contribution in [0.1, 0.15) is 31.9 Å². The van der Waals surface area contributed by atoms with E-state index in [4.69, 9.17) is 29.5 Å². The Morgan fingerprint density at radius 3 is 2.00 bits per heavy atom. The van der Waals surface area contributed by atoms with E-state index >= 15 is 0 Å². The molecule has 3 N–H and O–H groups in total. The number of oxazole rings is 1. The summed E-state index contributed by atoms with van der Waals surface area (Å²) in [4.78, 5) is 4.01. The lowest BCUT2D eigenvalue weighted by Gasteiger charge is -2.15. The number of fused-ring (bicyclic) bond motifs is 1. The molecule has 3 rings (SSSR count). The van der Waals surface area contributed by atoms with Crippen molar-refractivity contribution in [3.8, 4) is 5.75 Å². The molecule has 7 nitrogen and oxygen atoms in total. The van der Waals surface area contributed by atoms with Gasteiger partial charge in [0.05, 0.1) is 5.69 Å². The lowest BCUT2D eigenvalue weighted by atomic mass is 10.2. The summed E-state index contributed by atoms with van der Waals surface area (Å²) in [7, 11) is 0. The Bertz CT molecular complexity index is 821. The first-order chi connectivity index (χ1) is 13.9. The Balaban J connectivity index is 0.000000218. The van der Waals surface area contributed by atoms with E-state index in [1.807, 2.05) is 58.9 Å². The maximum Gasteiger partial charge on any atom is 0.271 e. The number of phenolic OH excluding ortho intramolecular Hbond substituents is 1. The topological polar surface area (TPSA) is 100.0 Å². The van der Waals surface area contributed by atoms with Crippen LogP contribution >= 0.6 is 0 Å². The van der Waals surface area contributed by atoms with Gasteiger partial charge in [0.1, 0.15) is 11.3 Å². The second kappa shape index (κ2) is 13.5. The summed E-state index contributed by atoms with van der Waals surface area (Å²) < 4.78 is 20.3. The minimum atomic E-state index is -0.472. The summed E-state index contributed by atoms with van der Waals surface area (Å²) in [5.74, 6) is 0.153. The van der Waals surface area contributed by atoms with Crippen molar-refractivity contribution in [2.75, 3.05) is 25.6 Å². The number of anilines is 1. The number of aromatic hydroxyl groups is 1. The van der Waals surface area contributed by atoms with E-state index in [0.29, 0.717) is 25.5 Å². The van der Waals surface area contributed by atoms with E-state index in [2.05, 4.69) is 4.98 Å². The second-order valence-electron chi connectivity index (χ2n) is 6.04. The number of nitrogen functional groups attached to an aromatic ring is 1. The van der Waals surface area contributed by atoms with Gasteiger partial charge in [0.2, 0.25) is 0 Å². The molecule has 3 aromatic rings. The van der Waals surface area contributed by atoms with Crippen LogP contribution in [-0.2, 0) is 14.2 Å². The molecule has 0 fully saturated rings. The third-order valence-electron chi connectivity index (χ3n) is 3.58. The van der Waals surface area contributed by atoms with Crippen molar-refractivity contribution in [3.63, 3.8) is 0 Å². The van der Waals surface area contributed by atoms with E-state index in [0.717, 1.165) is 16.7 Å². The molecule has 0 aliphatic carbocycles. The minimum Gasteiger partial charge on any atom is -0.506 e. The summed E-state index contributed by atoms with van der Waals surface area (Å²) in [6, 6.07) is 11.1. The van der Waals surface area contributed by atoms with Gasteiger partial charge in [-0.2, -0.15) is 0 Å². The lowest BCUT2D eigenvalue weighted by Crippen LogP contribution is -2.20. The molecule has 0 saturated heterocycles. The maximum absolute atomic E-state index is 8.92. The van der Waals surface area contributed by atoms with Gasteiger partial charge in [0.25, 0.3) is 6.48 Å². The Kier molecular flexibility index (Phi) is 11.4. The number of nitrogens with two attached hydrogens (primary N) is 1. The molecular weight excluding hydrogens is 372 g/mol. The highest BCUT2D eigenvalue weighted by Gasteiger charge is 2.04. The van der Waals surface area contributed by atoms with Crippen LogP contribution < -0.4 is 5.73 Å². The Labute approximate surface area is 172 Å². The highest BCUT2D eigenvalue weighted by atomic mass is 16.8. The van der Waals surface area contributed by atoms with Gasteiger partial charge < -0.3 is 29.5 Å². The number of hydrogen-bond acceptors (Lipinski definition) is 7. The fraction of sp³-hybridized carbons (Fsp3) is 0.409. The van der Waals surface area contributed by atoms with E-state index < -0.39 is 6.48 Å². The Morgan fingerprint density at radius 1 is 0.931 bits per heavy atom. The fourth-order valence-corrected chi connectivity index (χ4v) is 2.19. The monoisotopic (exact) mass is 404 g/mol. The van der Waals surface area contributed by atoms with E-state index in [9.17, 15) is 0 Å². The number of hydrogen-bond donors (Lipinski definition) is 2. The zero-order valence-electron chi connectivity index (χ0n) is 17.8. The van der Waals surface area contributed by atoms with Gasteiger partial charge >= 0.3 is 0 Å². The predicted molar refractivity (Wildman–Crippen MR) is 115 cm³/mol. The van der Waals surface area contributed by atoms with Crippen molar-refractivity contribution in [2.24, 2.45) is 0 Å². The first-order valence-corrected chi connectivity index (χ1v) is 9.60. The first kappa shape index (κ1) is 24.4. The average molecular weight is 405 g/mol. The van der Waals surface area contributed by atoms with Crippen LogP contribution in [0.5, 0.6) is 5.75 Å². The van der Waals surface area contributed by atoms with Crippen LogP contribution in [0.2, 0.25) is 0 Å². The molecule has 1 aromatic heterocycles. The summed E-state index contributed by atoms with van der Waals surface area (Å²) in [6.45, 7) is 11.1. The zero-order valence-corrected chi connectivity index (χ0v) is 17.8. The third-order valence-corrected chi connectivity index (χ3v) is 3.58. The Hall–Kier alpha value is -2.61. The highest BCUT2D eigenvalue weighted by molar-refractivity contribution is 5.72. The van der Waals surface area contributed by atoms with E-state index in [-0.39, 0.29) is 5.75 Å². The second-order valence-corrected chi connectivity index (χ2v) is 6.04. The largest absolute Gasteiger partial charge is 0.506 e. The number of aryl methyl sites for hydroxylation is 2. The molecule has 7 heteroatoms. The standard InChI is InChI=1S/C8H7NO.C7H9NO.C7H16O3/c1-6-2-3-8-7(4-6)9-5-10-8;1-5-2-3-7(9)6(8)4-5;1-4-8-7(9-5-2)10-6-3/h2-5H,1H3;2-4,9H,8H2,1H3;7H,4-6H2,1-3H3. The smallest absolute Gasteiger partial charge is 0.271 e. The normalized spacial score (nSPS) is 10.3. The molecule has 0 radical (unpaired) electrons. The third kappa shape index (κ3) is 9.43. The summed E-state index contributed by atoms with van der Waals surface area (Å²) in [5.41, 5.74) is 9.86. The van der Waals surface area contributed by atoms with Crippen molar-refractivity contribution in [2.45, 2.75) is 41.1 Å². The predicted octanol–water partition coefficient (Wildman–Crippen LogP) is 4.80. The number of aromatic nitrogens is 1. The summed E-state index contributed by atoms with van der Waals surface area (Å²) >= 11 is 0. The number of ether oxygens (including phenoxy) is 3. The minimum absolute atomic E-state index is 0.153. The molecule has 0 unspecified atom stereocenters. The number of phenols is 1. The van der Waals surface area contributed by atoms with Crippen LogP contribution in [0.15, 0.2) is 47.2 Å². The van der Waals surface area contributed by atoms with Gasteiger partial charge in [-0.15, -0.1) is 0 Å².